The molecule has 3 aromatic rings. The van der Waals surface area contributed by atoms with Gasteiger partial charge in [-0.25, -0.2) is 9.97 Å². The zero-order chi connectivity index (χ0) is 21.0. The van der Waals surface area contributed by atoms with Crippen LogP contribution in [0.3, 0.4) is 0 Å². The van der Waals surface area contributed by atoms with Crippen LogP contribution in [0.1, 0.15) is 25.7 Å². The average molecular weight is 418 g/mol. The molecule has 5 rings (SSSR count). The van der Waals surface area contributed by atoms with Crippen LogP contribution in [0.5, 0.6) is 0 Å². The summed E-state index contributed by atoms with van der Waals surface area (Å²) in [6, 6.07) is 11.8. The highest BCUT2D eigenvalue weighted by atomic mass is 16.5. The van der Waals surface area contributed by atoms with E-state index in [1.165, 1.54) is 0 Å². The third-order valence-electron chi connectivity index (χ3n) is 6.04. The molecule has 2 aliphatic rings. The number of hydrogen-bond acceptors (Lipinski definition) is 6. The Labute approximate surface area is 182 Å². The van der Waals surface area contributed by atoms with E-state index in [9.17, 15) is 4.79 Å². The van der Waals surface area contributed by atoms with Gasteiger partial charge in [0.15, 0.2) is 5.82 Å². The van der Waals surface area contributed by atoms with Crippen molar-refractivity contribution in [3.8, 4) is 11.4 Å². The first kappa shape index (κ1) is 19.9. The number of pyridine rings is 1. The number of carbonyl (C=O) groups excluding carboxylic acids is 1. The minimum Gasteiger partial charge on any atom is -0.376 e. The third-order valence-corrected chi connectivity index (χ3v) is 6.04. The molecule has 2 saturated heterocycles. The summed E-state index contributed by atoms with van der Waals surface area (Å²) >= 11 is 0. The SMILES string of the molecule is O=C(CN(C[C@H]1CCCO1)c1nc(-c2cccnc2)nc2ccccc12)N1CCCC1. The predicted octanol–water partition coefficient (Wildman–Crippen LogP) is 3.30. The lowest BCUT2D eigenvalue weighted by molar-refractivity contribution is -0.128. The van der Waals surface area contributed by atoms with Gasteiger partial charge in [-0.1, -0.05) is 12.1 Å². The van der Waals surface area contributed by atoms with Crippen molar-refractivity contribution in [3.05, 3.63) is 48.8 Å². The first-order chi connectivity index (χ1) is 15.3. The van der Waals surface area contributed by atoms with Crippen LogP contribution in [-0.4, -0.2) is 64.6 Å². The van der Waals surface area contributed by atoms with Crippen molar-refractivity contribution in [2.24, 2.45) is 0 Å². The Balaban J connectivity index is 1.56. The van der Waals surface area contributed by atoms with Crippen molar-refractivity contribution < 1.29 is 9.53 Å². The lowest BCUT2D eigenvalue weighted by Crippen LogP contribution is -2.42. The molecule has 0 bridgehead atoms. The van der Waals surface area contributed by atoms with Crippen LogP contribution < -0.4 is 4.90 Å². The van der Waals surface area contributed by atoms with Gasteiger partial charge in [-0.2, -0.15) is 0 Å². The minimum atomic E-state index is 0.113. The monoisotopic (exact) mass is 417 g/mol. The third kappa shape index (κ3) is 4.37. The van der Waals surface area contributed by atoms with Crippen molar-refractivity contribution in [3.63, 3.8) is 0 Å². The Morgan fingerprint density at radius 1 is 1.10 bits per heavy atom. The van der Waals surface area contributed by atoms with Gasteiger partial charge in [0, 0.05) is 49.6 Å². The van der Waals surface area contributed by atoms with Crippen molar-refractivity contribution in [1.29, 1.82) is 0 Å². The summed E-state index contributed by atoms with van der Waals surface area (Å²) in [7, 11) is 0. The van der Waals surface area contributed by atoms with E-state index in [0.717, 1.165) is 67.7 Å². The molecule has 160 valence electrons. The highest BCUT2D eigenvalue weighted by Crippen LogP contribution is 2.29. The maximum absolute atomic E-state index is 13.1. The van der Waals surface area contributed by atoms with E-state index in [1.807, 2.05) is 41.3 Å². The van der Waals surface area contributed by atoms with Gasteiger partial charge in [0.2, 0.25) is 5.91 Å². The summed E-state index contributed by atoms with van der Waals surface area (Å²) < 4.78 is 5.92. The number of amides is 1. The summed E-state index contributed by atoms with van der Waals surface area (Å²) in [4.78, 5) is 31.1. The van der Waals surface area contributed by atoms with Gasteiger partial charge in [-0.05, 0) is 49.9 Å². The van der Waals surface area contributed by atoms with Crippen LogP contribution in [-0.2, 0) is 9.53 Å². The number of likely N-dealkylation sites (tertiary alicyclic amines) is 1. The number of rotatable bonds is 6. The van der Waals surface area contributed by atoms with E-state index in [-0.39, 0.29) is 12.0 Å². The zero-order valence-electron chi connectivity index (χ0n) is 17.6. The number of nitrogens with zero attached hydrogens (tertiary/aromatic N) is 5. The molecule has 1 aromatic carbocycles. The summed E-state index contributed by atoms with van der Waals surface area (Å²) in [6.45, 7) is 3.42. The van der Waals surface area contributed by atoms with Crippen molar-refractivity contribution in [2.45, 2.75) is 31.8 Å². The maximum Gasteiger partial charge on any atom is 0.242 e. The molecule has 0 saturated carbocycles. The number of ether oxygens (including phenoxy) is 1. The molecule has 31 heavy (non-hydrogen) atoms. The van der Waals surface area contributed by atoms with E-state index in [1.54, 1.807) is 12.4 Å². The number of para-hydroxylation sites is 1. The smallest absolute Gasteiger partial charge is 0.242 e. The summed E-state index contributed by atoms with van der Waals surface area (Å²) in [5.74, 6) is 1.56. The van der Waals surface area contributed by atoms with Crippen LogP contribution >= 0.6 is 0 Å². The Morgan fingerprint density at radius 3 is 2.74 bits per heavy atom. The number of hydrogen-bond donors (Lipinski definition) is 0. The highest BCUT2D eigenvalue weighted by molar-refractivity contribution is 5.93. The molecular weight excluding hydrogens is 390 g/mol. The number of benzene rings is 1. The van der Waals surface area contributed by atoms with Crippen molar-refractivity contribution in [2.75, 3.05) is 37.7 Å². The van der Waals surface area contributed by atoms with E-state index in [4.69, 9.17) is 14.7 Å². The Hall–Kier alpha value is -3.06. The summed E-state index contributed by atoms with van der Waals surface area (Å²) in [6.07, 6.45) is 7.86. The molecule has 7 heteroatoms. The molecule has 0 radical (unpaired) electrons. The molecule has 0 unspecified atom stereocenters. The number of carbonyl (C=O) groups is 1. The van der Waals surface area contributed by atoms with Crippen molar-refractivity contribution >= 4 is 22.6 Å². The molecule has 1 amide bonds. The number of aromatic nitrogens is 3. The molecule has 2 aromatic heterocycles. The normalized spacial score (nSPS) is 18.6. The Bertz CT molecular complexity index is 1050. The fourth-order valence-corrected chi connectivity index (χ4v) is 4.41. The molecule has 7 nitrogen and oxygen atoms in total. The largest absolute Gasteiger partial charge is 0.376 e. The molecule has 2 fully saturated rings. The second-order valence-corrected chi connectivity index (χ2v) is 8.23. The predicted molar refractivity (Wildman–Crippen MR) is 120 cm³/mol. The van der Waals surface area contributed by atoms with Gasteiger partial charge in [-0.15, -0.1) is 0 Å². The molecule has 1 atom stereocenters. The van der Waals surface area contributed by atoms with Gasteiger partial charge in [0.1, 0.15) is 5.82 Å². The Kier molecular flexibility index (Phi) is 5.76. The molecule has 4 heterocycles. The Morgan fingerprint density at radius 2 is 1.97 bits per heavy atom. The fourth-order valence-electron chi connectivity index (χ4n) is 4.41. The molecular formula is C24H27N5O2. The van der Waals surface area contributed by atoms with Gasteiger partial charge >= 0.3 is 0 Å². The van der Waals surface area contributed by atoms with Gasteiger partial charge < -0.3 is 14.5 Å². The highest BCUT2D eigenvalue weighted by Gasteiger charge is 2.27. The van der Waals surface area contributed by atoms with Crippen LogP contribution in [0.15, 0.2) is 48.8 Å². The quantitative estimate of drug-likeness (QED) is 0.613. The minimum absolute atomic E-state index is 0.113. The molecule has 0 spiro atoms. The average Bonchev–Trinajstić information content (AvgIpc) is 3.53. The van der Waals surface area contributed by atoms with Crippen LogP contribution in [0.4, 0.5) is 5.82 Å². The van der Waals surface area contributed by atoms with E-state index in [0.29, 0.717) is 18.9 Å². The van der Waals surface area contributed by atoms with E-state index < -0.39 is 0 Å². The summed E-state index contributed by atoms with van der Waals surface area (Å²) in [5.41, 5.74) is 1.72. The second-order valence-electron chi connectivity index (χ2n) is 8.23. The van der Waals surface area contributed by atoms with Crippen LogP contribution in [0.25, 0.3) is 22.3 Å². The first-order valence-electron chi connectivity index (χ1n) is 11.1. The lowest BCUT2D eigenvalue weighted by atomic mass is 10.1. The second kappa shape index (κ2) is 8.98. The maximum atomic E-state index is 13.1. The van der Waals surface area contributed by atoms with Gasteiger partial charge in [0.05, 0.1) is 18.2 Å². The van der Waals surface area contributed by atoms with Gasteiger partial charge in [-0.3, -0.25) is 9.78 Å². The molecule has 0 aliphatic carbocycles. The fraction of sp³-hybridized carbons (Fsp3) is 0.417. The van der Waals surface area contributed by atoms with E-state index >= 15 is 0 Å². The molecule has 0 N–H and O–H groups in total. The van der Waals surface area contributed by atoms with Gasteiger partial charge in [0.25, 0.3) is 0 Å². The van der Waals surface area contributed by atoms with Crippen LogP contribution in [0.2, 0.25) is 0 Å². The van der Waals surface area contributed by atoms with Crippen molar-refractivity contribution in [1.82, 2.24) is 19.9 Å². The molecule has 2 aliphatic heterocycles. The number of fused-ring (bicyclic) bond motifs is 1. The first-order valence-corrected chi connectivity index (χ1v) is 11.1. The van der Waals surface area contributed by atoms with E-state index in [2.05, 4.69) is 9.88 Å². The lowest BCUT2D eigenvalue weighted by Gasteiger charge is -2.29. The standard InChI is InChI=1S/C24H27N5O2/c30-22(28-12-3-4-13-28)17-29(16-19-8-6-14-31-19)24-20-9-1-2-10-21(20)26-23(27-24)18-7-5-11-25-15-18/h1-2,5,7,9-11,15,19H,3-4,6,8,12-14,16-17H2/t19-/m1/s1. The topological polar surface area (TPSA) is 71.5 Å². The van der Waals surface area contributed by atoms with Crippen LogP contribution in [0, 0.1) is 0 Å². The zero-order valence-corrected chi connectivity index (χ0v) is 17.6. The summed E-state index contributed by atoms with van der Waals surface area (Å²) in [5, 5.41) is 0.947. The number of anilines is 1.